The van der Waals surface area contributed by atoms with E-state index in [0.717, 1.165) is 31.6 Å². The largest absolute Gasteiger partial charge is 0.477 e. The Morgan fingerprint density at radius 2 is 2.11 bits per heavy atom. The summed E-state index contributed by atoms with van der Waals surface area (Å²) in [7, 11) is 4.19. The minimum atomic E-state index is -0.983. The van der Waals surface area contributed by atoms with Crippen LogP contribution in [0.4, 0.5) is 5.69 Å². The third kappa shape index (κ3) is 2.79. The number of aromatic carboxylic acids is 1. The molecule has 0 aliphatic carbocycles. The summed E-state index contributed by atoms with van der Waals surface area (Å²) in [5, 5.41) is 8.81. The lowest BCUT2D eigenvalue weighted by molar-refractivity contribution is 0.0690. The molecule has 5 nitrogen and oxygen atoms in total. The summed E-state index contributed by atoms with van der Waals surface area (Å²) in [6.45, 7) is 2.21. The van der Waals surface area contributed by atoms with Crippen LogP contribution in [-0.2, 0) is 0 Å². The van der Waals surface area contributed by atoms with Crippen molar-refractivity contribution in [3.8, 4) is 0 Å². The predicted octanol–water partition coefficient (Wildman–Crippen LogP) is 1.31. The molecule has 5 heteroatoms. The zero-order valence-electron chi connectivity index (χ0n) is 10.8. The number of anilines is 1. The summed E-state index contributed by atoms with van der Waals surface area (Å²) in [4.78, 5) is 19.2. The number of likely N-dealkylation sites (tertiary alicyclic amines) is 1. The maximum atomic E-state index is 10.7. The van der Waals surface area contributed by atoms with Gasteiger partial charge in [0.15, 0.2) is 0 Å². The number of carboxylic acids is 1. The fraction of sp³-hybridized carbons (Fsp3) is 0.538. The van der Waals surface area contributed by atoms with Crippen LogP contribution >= 0.6 is 0 Å². The van der Waals surface area contributed by atoms with Crippen LogP contribution in [-0.4, -0.2) is 54.2 Å². The number of carboxylic acid groups (broad SMARTS) is 1. The highest BCUT2D eigenvalue weighted by Crippen LogP contribution is 2.21. The molecule has 1 saturated heterocycles. The van der Waals surface area contributed by atoms with Crippen LogP contribution < -0.4 is 4.90 Å². The van der Waals surface area contributed by atoms with Crippen LogP contribution in [0.15, 0.2) is 18.3 Å². The van der Waals surface area contributed by atoms with Gasteiger partial charge in [0, 0.05) is 13.1 Å². The van der Waals surface area contributed by atoms with E-state index in [1.54, 1.807) is 12.3 Å². The zero-order chi connectivity index (χ0) is 13.1. The Labute approximate surface area is 107 Å². The molecule has 1 aliphatic rings. The first-order chi connectivity index (χ1) is 8.58. The number of aromatic nitrogens is 1. The Morgan fingerprint density at radius 1 is 1.44 bits per heavy atom. The Bertz CT molecular complexity index is 411. The number of piperidine rings is 1. The number of nitrogens with zero attached hydrogens (tertiary/aromatic N) is 3. The summed E-state index contributed by atoms with van der Waals surface area (Å²) < 4.78 is 0. The molecule has 0 amide bonds. The molecule has 0 unspecified atom stereocenters. The quantitative estimate of drug-likeness (QED) is 0.875. The average Bonchev–Trinajstić information content (AvgIpc) is 2.39. The van der Waals surface area contributed by atoms with Crippen molar-refractivity contribution in [3.63, 3.8) is 0 Å². The van der Waals surface area contributed by atoms with Crippen molar-refractivity contribution in [3.05, 3.63) is 24.0 Å². The van der Waals surface area contributed by atoms with E-state index in [-0.39, 0.29) is 5.69 Å². The Kier molecular flexibility index (Phi) is 3.81. The molecule has 98 valence electrons. The lowest BCUT2D eigenvalue weighted by Gasteiger charge is -2.36. The van der Waals surface area contributed by atoms with Crippen LogP contribution in [0.1, 0.15) is 23.3 Å². The van der Waals surface area contributed by atoms with Gasteiger partial charge in [-0.05, 0) is 45.1 Å². The van der Waals surface area contributed by atoms with E-state index in [4.69, 9.17) is 5.11 Å². The third-order valence-electron chi connectivity index (χ3n) is 3.61. The van der Waals surface area contributed by atoms with Gasteiger partial charge in [0.1, 0.15) is 5.69 Å². The summed E-state index contributed by atoms with van der Waals surface area (Å²) in [6, 6.07) is 3.90. The molecule has 1 N–H and O–H groups in total. The van der Waals surface area contributed by atoms with Crippen LogP contribution in [0.5, 0.6) is 0 Å². The number of carbonyl (C=O) groups is 1. The highest BCUT2D eigenvalue weighted by atomic mass is 16.4. The molecule has 0 saturated carbocycles. The lowest BCUT2D eigenvalue weighted by atomic mass is 10.0. The van der Waals surface area contributed by atoms with Gasteiger partial charge in [-0.3, -0.25) is 0 Å². The van der Waals surface area contributed by atoms with Crippen molar-refractivity contribution >= 4 is 11.7 Å². The van der Waals surface area contributed by atoms with Crippen molar-refractivity contribution in [1.29, 1.82) is 0 Å². The summed E-state index contributed by atoms with van der Waals surface area (Å²) >= 11 is 0. The first-order valence-corrected chi connectivity index (χ1v) is 6.18. The van der Waals surface area contributed by atoms with Gasteiger partial charge in [0.25, 0.3) is 0 Å². The van der Waals surface area contributed by atoms with Gasteiger partial charge in [-0.15, -0.1) is 0 Å². The normalized spacial score (nSPS) is 17.7. The van der Waals surface area contributed by atoms with Crippen LogP contribution in [0.2, 0.25) is 0 Å². The topological polar surface area (TPSA) is 56.7 Å². The molecule has 18 heavy (non-hydrogen) atoms. The Hall–Kier alpha value is -1.62. The maximum absolute atomic E-state index is 10.7. The summed E-state index contributed by atoms with van der Waals surface area (Å²) in [6.07, 6.45) is 3.91. The summed E-state index contributed by atoms with van der Waals surface area (Å²) in [5.74, 6) is -0.983. The van der Waals surface area contributed by atoms with Crippen LogP contribution in [0, 0.1) is 0 Å². The molecule has 1 aromatic rings. The first-order valence-electron chi connectivity index (χ1n) is 6.18. The molecule has 0 bridgehead atoms. The standard InChI is InChI=1S/C13H19N3O2/c1-15-7-5-10(6-8-15)16(2)11-3-4-12(13(17)18)14-9-11/h3-4,9-10H,5-8H2,1-2H3,(H,17,18). The third-order valence-corrected chi connectivity index (χ3v) is 3.61. The van der Waals surface area contributed by atoms with Crippen molar-refractivity contribution in [2.45, 2.75) is 18.9 Å². The molecule has 0 radical (unpaired) electrons. The number of pyridine rings is 1. The van der Waals surface area contributed by atoms with Gasteiger partial charge < -0.3 is 14.9 Å². The van der Waals surface area contributed by atoms with E-state index in [0.29, 0.717) is 6.04 Å². The number of rotatable bonds is 3. The second kappa shape index (κ2) is 5.35. The molecule has 2 heterocycles. The highest BCUT2D eigenvalue weighted by Gasteiger charge is 2.21. The lowest BCUT2D eigenvalue weighted by Crippen LogP contribution is -2.42. The van der Waals surface area contributed by atoms with Gasteiger partial charge in [-0.2, -0.15) is 0 Å². The van der Waals surface area contributed by atoms with E-state index in [1.165, 1.54) is 0 Å². The van der Waals surface area contributed by atoms with E-state index < -0.39 is 5.97 Å². The fourth-order valence-corrected chi connectivity index (χ4v) is 2.31. The Morgan fingerprint density at radius 3 is 2.61 bits per heavy atom. The van der Waals surface area contributed by atoms with E-state index in [2.05, 4.69) is 21.8 Å². The van der Waals surface area contributed by atoms with E-state index in [9.17, 15) is 4.79 Å². The second-order valence-electron chi connectivity index (χ2n) is 4.85. The minimum absolute atomic E-state index is 0.0931. The van der Waals surface area contributed by atoms with Gasteiger partial charge >= 0.3 is 5.97 Å². The van der Waals surface area contributed by atoms with Crippen LogP contribution in [0.3, 0.4) is 0 Å². The molecule has 0 atom stereocenters. The predicted molar refractivity (Wildman–Crippen MR) is 70.1 cm³/mol. The molecular formula is C13H19N3O2. The number of hydrogen-bond acceptors (Lipinski definition) is 4. The summed E-state index contributed by atoms with van der Waals surface area (Å²) in [5.41, 5.74) is 1.07. The van der Waals surface area contributed by atoms with Crippen molar-refractivity contribution < 1.29 is 9.90 Å². The average molecular weight is 249 g/mol. The van der Waals surface area contributed by atoms with Gasteiger partial charge in [-0.1, -0.05) is 0 Å². The first kappa shape index (κ1) is 12.8. The number of hydrogen-bond donors (Lipinski definition) is 1. The molecule has 1 aliphatic heterocycles. The molecule has 1 fully saturated rings. The molecule has 2 rings (SSSR count). The van der Waals surface area contributed by atoms with Gasteiger partial charge in [-0.25, -0.2) is 9.78 Å². The fourth-order valence-electron chi connectivity index (χ4n) is 2.31. The highest BCUT2D eigenvalue weighted by molar-refractivity contribution is 5.85. The van der Waals surface area contributed by atoms with Crippen molar-refractivity contribution in [2.75, 3.05) is 32.1 Å². The van der Waals surface area contributed by atoms with Gasteiger partial charge in [0.05, 0.1) is 11.9 Å². The minimum Gasteiger partial charge on any atom is -0.477 e. The van der Waals surface area contributed by atoms with E-state index in [1.807, 2.05) is 13.1 Å². The Balaban J connectivity index is 2.04. The van der Waals surface area contributed by atoms with E-state index >= 15 is 0 Å². The monoisotopic (exact) mass is 249 g/mol. The second-order valence-corrected chi connectivity index (χ2v) is 4.85. The van der Waals surface area contributed by atoms with Gasteiger partial charge in [0.2, 0.25) is 0 Å². The van der Waals surface area contributed by atoms with Crippen molar-refractivity contribution in [2.24, 2.45) is 0 Å². The molecule has 0 spiro atoms. The molecular weight excluding hydrogens is 230 g/mol. The molecule has 0 aromatic carbocycles. The SMILES string of the molecule is CN1CCC(N(C)c2ccc(C(=O)O)nc2)CC1. The molecule has 1 aromatic heterocycles. The maximum Gasteiger partial charge on any atom is 0.354 e. The van der Waals surface area contributed by atoms with Crippen molar-refractivity contribution in [1.82, 2.24) is 9.88 Å². The zero-order valence-corrected chi connectivity index (χ0v) is 10.8. The smallest absolute Gasteiger partial charge is 0.354 e. The van der Waals surface area contributed by atoms with Crippen LogP contribution in [0.25, 0.3) is 0 Å².